The molecule has 1 saturated heterocycles. The van der Waals surface area contributed by atoms with Crippen LogP contribution in [0.2, 0.25) is 0 Å². The molecule has 0 aliphatic carbocycles. The van der Waals surface area contributed by atoms with E-state index in [0.29, 0.717) is 19.8 Å². The lowest BCUT2D eigenvalue weighted by Gasteiger charge is -2.30. The Kier molecular flexibility index (Phi) is 6.75. The fraction of sp³-hybridized carbons (Fsp3) is 0.929. The van der Waals surface area contributed by atoms with E-state index in [2.05, 4.69) is 5.32 Å². The van der Waals surface area contributed by atoms with Crippen LogP contribution in [0.15, 0.2) is 0 Å². The van der Waals surface area contributed by atoms with Crippen molar-refractivity contribution in [2.75, 3.05) is 26.4 Å². The van der Waals surface area contributed by atoms with Gasteiger partial charge in [-0.05, 0) is 26.2 Å². The lowest BCUT2D eigenvalue weighted by atomic mass is 9.81. The third kappa shape index (κ3) is 4.44. The quantitative estimate of drug-likeness (QED) is 0.693. The molecule has 0 aromatic heterocycles. The zero-order valence-electron chi connectivity index (χ0n) is 12.4. The number of carbonyl (C=O) groups excluding carboxylic acids is 1. The molecule has 0 spiro atoms. The van der Waals surface area contributed by atoms with Crippen molar-refractivity contribution >= 4 is 5.91 Å². The van der Waals surface area contributed by atoms with Crippen LogP contribution in [0.25, 0.3) is 0 Å². The Labute approximate surface area is 116 Å². The monoisotopic (exact) mass is 272 g/mol. The fourth-order valence-corrected chi connectivity index (χ4v) is 2.30. The Morgan fingerprint density at radius 2 is 2.21 bits per heavy atom. The van der Waals surface area contributed by atoms with E-state index in [9.17, 15) is 4.79 Å². The van der Waals surface area contributed by atoms with E-state index in [1.54, 1.807) is 0 Å². The van der Waals surface area contributed by atoms with Gasteiger partial charge in [0.2, 0.25) is 5.91 Å². The number of rotatable bonds is 8. The van der Waals surface area contributed by atoms with E-state index >= 15 is 0 Å². The zero-order valence-corrected chi connectivity index (χ0v) is 12.4. The standard InChI is InChI=1S/C14H28N2O3/c1-4-14(5-2,10-15)13(17)16-11(3)8-19-12-6-7-18-9-12/h11-12H,4-10,15H2,1-3H3,(H,16,17). The van der Waals surface area contributed by atoms with Gasteiger partial charge in [-0.25, -0.2) is 0 Å². The molecule has 3 N–H and O–H groups in total. The molecule has 1 heterocycles. The molecule has 5 heteroatoms. The minimum atomic E-state index is -0.440. The summed E-state index contributed by atoms with van der Waals surface area (Å²) in [6.45, 7) is 8.31. The summed E-state index contributed by atoms with van der Waals surface area (Å²) < 4.78 is 11.0. The molecule has 1 rings (SSSR count). The Bertz CT molecular complexity index is 266. The predicted octanol–water partition coefficient (Wildman–Crippen LogP) is 1.06. The first kappa shape index (κ1) is 16.4. The molecule has 19 heavy (non-hydrogen) atoms. The maximum absolute atomic E-state index is 12.3. The van der Waals surface area contributed by atoms with Crippen molar-refractivity contribution in [2.24, 2.45) is 11.1 Å². The van der Waals surface area contributed by atoms with Gasteiger partial charge in [-0.15, -0.1) is 0 Å². The van der Waals surface area contributed by atoms with Crippen molar-refractivity contribution in [3.8, 4) is 0 Å². The minimum absolute atomic E-state index is 0.00266. The largest absolute Gasteiger partial charge is 0.379 e. The van der Waals surface area contributed by atoms with Crippen molar-refractivity contribution in [3.05, 3.63) is 0 Å². The van der Waals surface area contributed by atoms with Crippen molar-refractivity contribution in [1.82, 2.24) is 5.32 Å². The SMILES string of the molecule is CCC(CC)(CN)C(=O)NC(C)COC1CCOC1. The molecule has 1 fully saturated rings. The van der Waals surface area contributed by atoms with E-state index in [1.807, 2.05) is 20.8 Å². The average Bonchev–Trinajstić information content (AvgIpc) is 2.92. The van der Waals surface area contributed by atoms with Crippen LogP contribution in [-0.4, -0.2) is 44.4 Å². The molecule has 0 aromatic carbocycles. The molecular weight excluding hydrogens is 244 g/mol. The summed E-state index contributed by atoms with van der Waals surface area (Å²) in [4.78, 5) is 12.3. The fourth-order valence-electron chi connectivity index (χ4n) is 2.30. The van der Waals surface area contributed by atoms with Crippen molar-refractivity contribution < 1.29 is 14.3 Å². The van der Waals surface area contributed by atoms with Crippen molar-refractivity contribution in [3.63, 3.8) is 0 Å². The molecule has 2 atom stereocenters. The zero-order chi connectivity index (χ0) is 14.3. The number of hydrogen-bond acceptors (Lipinski definition) is 4. The Balaban J connectivity index is 2.37. The third-order valence-corrected chi connectivity index (χ3v) is 4.07. The normalized spacial score (nSPS) is 21.4. The third-order valence-electron chi connectivity index (χ3n) is 4.07. The van der Waals surface area contributed by atoms with Gasteiger partial charge in [-0.2, -0.15) is 0 Å². The highest BCUT2D eigenvalue weighted by Crippen LogP contribution is 2.25. The van der Waals surface area contributed by atoms with Crippen LogP contribution < -0.4 is 11.1 Å². The van der Waals surface area contributed by atoms with Gasteiger partial charge in [0.05, 0.1) is 24.7 Å². The number of nitrogens with two attached hydrogens (primary N) is 1. The second-order valence-corrected chi connectivity index (χ2v) is 5.39. The summed E-state index contributed by atoms with van der Waals surface area (Å²) in [6, 6.07) is -0.00266. The first-order valence-electron chi connectivity index (χ1n) is 7.28. The van der Waals surface area contributed by atoms with Crippen LogP contribution in [0.5, 0.6) is 0 Å². The van der Waals surface area contributed by atoms with Gasteiger partial charge in [-0.3, -0.25) is 4.79 Å². The van der Waals surface area contributed by atoms with Crippen LogP contribution >= 0.6 is 0 Å². The molecule has 1 aliphatic heterocycles. The van der Waals surface area contributed by atoms with Crippen LogP contribution in [-0.2, 0) is 14.3 Å². The van der Waals surface area contributed by atoms with E-state index in [-0.39, 0.29) is 18.1 Å². The summed E-state index contributed by atoms with van der Waals surface area (Å²) in [7, 11) is 0. The molecule has 0 saturated carbocycles. The number of carbonyl (C=O) groups is 1. The molecule has 2 unspecified atom stereocenters. The molecular formula is C14H28N2O3. The van der Waals surface area contributed by atoms with E-state index < -0.39 is 5.41 Å². The van der Waals surface area contributed by atoms with Crippen molar-refractivity contribution in [2.45, 2.75) is 52.2 Å². The minimum Gasteiger partial charge on any atom is -0.379 e. The van der Waals surface area contributed by atoms with Gasteiger partial charge in [0.15, 0.2) is 0 Å². The average molecular weight is 272 g/mol. The molecule has 1 aliphatic rings. The highest BCUT2D eigenvalue weighted by molar-refractivity contribution is 5.83. The summed E-state index contributed by atoms with van der Waals surface area (Å²) in [5, 5.41) is 3.01. The van der Waals surface area contributed by atoms with Gasteiger partial charge in [0.1, 0.15) is 0 Å². The van der Waals surface area contributed by atoms with Gasteiger partial charge < -0.3 is 20.5 Å². The molecule has 5 nitrogen and oxygen atoms in total. The highest BCUT2D eigenvalue weighted by Gasteiger charge is 2.34. The van der Waals surface area contributed by atoms with Crippen LogP contribution in [0, 0.1) is 5.41 Å². The summed E-state index contributed by atoms with van der Waals surface area (Å²) in [6.07, 6.45) is 2.64. The summed E-state index contributed by atoms with van der Waals surface area (Å²) in [5.74, 6) is 0.0405. The Hall–Kier alpha value is -0.650. The molecule has 1 amide bonds. The molecule has 112 valence electrons. The van der Waals surface area contributed by atoms with E-state index in [0.717, 1.165) is 25.9 Å². The second kappa shape index (κ2) is 7.82. The molecule has 0 aromatic rings. The topological polar surface area (TPSA) is 73.6 Å². The van der Waals surface area contributed by atoms with E-state index in [1.165, 1.54) is 0 Å². The van der Waals surface area contributed by atoms with Gasteiger partial charge in [0.25, 0.3) is 0 Å². The van der Waals surface area contributed by atoms with Gasteiger partial charge in [-0.1, -0.05) is 13.8 Å². The van der Waals surface area contributed by atoms with Crippen LogP contribution in [0.4, 0.5) is 0 Å². The maximum atomic E-state index is 12.3. The Morgan fingerprint density at radius 3 is 2.68 bits per heavy atom. The number of amides is 1. The first-order chi connectivity index (χ1) is 9.07. The summed E-state index contributed by atoms with van der Waals surface area (Å²) in [5.41, 5.74) is 5.33. The highest BCUT2D eigenvalue weighted by atomic mass is 16.5. The second-order valence-electron chi connectivity index (χ2n) is 5.39. The molecule has 0 bridgehead atoms. The Morgan fingerprint density at radius 1 is 1.53 bits per heavy atom. The first-order valence-corrected chi connectivity index (χ1v) is 7.28. The number of ether oxygens (including phenoxy) is 2. The molecule has 0 radical (unpaired) electrons. The van der Waals surface area contributed by atoms with Gasteiger partial charge >= 0.3 is 0 Å². The maximum Gasteiger partial charge on any atom is 0.227 e. The predicted molar refractivity (Wildman–Crippen MR) is 74.9 cm³/mol. The number of nitrogens with one attached hydrogen (secondary N) is 1. The van der Waals surface area contributed by atoms with Crippen LogP contribution in [0.1, 0.15) is 40.0 Å². The summed E-state index contributed by atoms with van der Waals surface area (Å²) >= 11 is 0. The lowest BCUT2D eigenvalue weighted by molar-refractivity contribution is -0.132. The van der Waals surface area contributed by atoms with E-state index in [4.69, 9.17) is 15.2 Å². The van der Waals surface area contributed by atoms with Crippen molar-refractivity contribution in [1.29, 1.82) is 0 Å². The lowest BCUT2D eigenvalue weighted by Crippen LogP contribution is -2.49. The number of hydrogen-bond donors (Lipinski definition) is 2. The van der Waals surface area contributed by atoms with Gasteiger partial charge in [0, 0.05) is 19.2 Å². The smallest absolute Gasteiger partial charge is 0.227 e. The van der Waals surface area contributed by atoms with Crippen LogP contribution in [0.3, 0.4) is 0 Å².